The lowest BCUT2D eigenvalue weighted by molar-refractivity contribution is 0.0691. The van der Waals surface area contributed by atoms with Crippen molar-refractivity contribution in [1.29, 1.82) is 0 Å². The molecule has 3 N–H and O–H groups in total. The maximum Gasteiger partial charge on any atom is 0.257 e. The number of piperidine rings is 1. The fraction of sp³-hybridized carbons (Fsp3) is 0.533. The predicted octanol–water partition coefficient (Wildman–Crippen LogP) is 1.70. The number of carbonyl (C=O) groups is 1. The van der Waals surface area contributed by atoms with Crippen LogP contribution in [-0.4, -0.2) is 46.7 Å². The second-order valence-electron chi connectivity index (χ2n) is 5.25. The number of hydrogen-bond donors (Lipinski definition) is 3. The molecule has 1 amide bonds. The number of phenols is 2. The number of nitrogens with one attached hydrogen (secondary N) is 1. The molecule has 0 bridgehead atoms. The second kappa shape index (κ2) is 6.61. The van der Waals surface area contributed by atoms with E-state index in [2.05, 4.69) is 12.2 Å². The predicted molar refractivity (Wildman–Crippen MR) is 77.0 cm³/mol. The summed E-state index contributed by atoms with van der Waals surface area (Å²) in [5.41, 5.74) is 0.168. The Morgan fingerprint density at radius 2 is 2.25 bits per heavy atom. The van der Waals surface area contributed by atoms with Crippen LogP contribution in [0.4, 0.5) is 0 Å². The maximum absolute atomic E-state index is 12.4. The number of carbonyl (C=O) groups excluding carboxylic acids is 1. The SMILES string of the molecule is CCCNC1CCCN(C(=O)c2cc(O)ccc2O)C1. The lowest BCUT2D eigenvalue weighted by Crippen LogP contribution is -2.48. The van der Waals surface area contributed by atoms with Gasteiger partial charge < -0.3 is 20.4 Å². The zero-order chi connectivity index (χ0) is 14.5. The van der Waals surface area contributed by atoms with Crippen molar-refractivity contribution in [3.05, 3.63) is 23.8 Å². The molecule has 0 aliphatic carbocycles. The minimum atomic E-state index is -0.221. The van der Waals surface area contributed by atoms with Crippen LogP contribution in [-0.2, 0) is 0 Å². The van der Waals surface area contributed by atoms with Crippen LogP contribution < -0.4 is 5.32 Å². The zero-order valence-corrected chi connectivity index (χ0v) is 11.8. The van der Waals surface area contributed by atoms with Gasteiger partial charge in [-0.3, -0.25) is 4.79 Å². The number of benzene rings is 1. The van der Waals surface area contributed by atoms with Crippen molar-refractivity contribution in [2.24, 2.45) is 0 Å². The number of amides is 1. The second-order valence-corrected chi connectivity index (χ2v) is 5.25. The number of likely N-dealkylation sites (tertiary alicyclic amines) is 1. The molecule has 1 atom stereocenters. The van der Waals surface area contributed by atoms with Crippen LogP contribution in [0, 0.1) is 0 Å². The molecule has 0 saturated carbocycles. The molecule has 1 saturated heterocycles. The molecule has 1 aromatic carbocycles. The van der Waals surface area contributed by atoms with Gasteiger partial charge in [0.05, 0.1) is 5.56 Å². The fourth-order valence-electron chi connectivity index (χ4n) is 2.54. The zero-order valence-electron chi connectivity index (χ0n) is 11.8. The highest BCUT2D eigenvalue weighted by Gasteiger charge is 2.25. The van der Waals surface area contributed by atoms with Crippen molar-refractivity contribution >= 4 is 5.91 Å². The molecule has 5 heteroatoms. The summed E-state index contributed by atoms with van der Waals surface area (Å²) < 4.78 is 0. The first-order valence-electron chi connectivity index (χ1n) is 7.16. The molecule has 2 rings (SSSR count). The van der Waals surface area contributed by atoms with Crippen LogP contribution >= 0.6 is 0 Å². The van der Waals surface area contributed by atoms with Crippen molar-refractivity contribution in [2.75, 3.05) is 19.6 Å². The molecule has 0 aromatic heterocycles. The molecule has 1 heterocycles. The molecular formula is C15H22N2O3. The van der Waals surface area contributed by atoms with E-state index in [0.29, 0.717) is 19.1 Å². The molecule has 1 aromatic rings. The van der Waals surface area contributed by atoms with E-state index in [1.807, 2.05) is 0 Å². The van der Waals surface area contributed by atoms with Gasteiger partial charge in [-0.2, -0.15) is 0 Å². The summed E-state index contributed by atoms with van der Waals surface area (Å²) in [7, 11) is 0. The number of rotatable bonds is 4. The molecule has 5 nitrogen and oxygen atoms in total. The van der Waals surface area contributed by atoms with Gasteiger partial charge in [-0.05, 0) is 44.0 Å². The van der Waals surface area contributed by atoms with E-state index in [9.17, 15) is 15.0 Å². The third kappa shape index (κ3) is 3.42. The van der Waals surface area contributed by atoms with Gasteiger partial charge in [-0.25, -0.2) is 0 Å². The molecular weight excluding hydrogens is 256 g/mol. The van der Waals surface area contributed by atoms with Crippen LogP contribution in [0.5, 0.6) is 11.5 Å². The minimum Gasteiger partial charge on any atom is -0.508 e. The summed E-state index contributed by atoms with van der Waals surface area (Å²) >= 11 is 0. The van der Waals surface area contributed by atoms with E-state index < -0.39 is 0 Å². The molecule has 1 aliphatic heterocycles. The van der Waals surface area contributed by atoms with E-state index in [0.717, 1.165) is 25.8 Å². The normalized spacial score (nSPS) is 19.1. The van der Waals surface area contributed by atoms with Crippen LogP contribution in [0.3, 0.4) is 0 Å². The average molecular weight is 278 g/mol. The standard InChI is InChI=1S/C15H22N2O3/c1-2-7-16-11-4-3-8-17(10-11)15(20)13-9-12(18)5-6-14(13)19/h5-6,9,11,16,18-19H,2-4,7-8,10H2,1H3. The Balaban J connectivity index is 2.06. The quantitative estimate of drug-likeness (QED) is 0.733. The average Bonchev–Trinajstić information content (AvgIpc) is 2.47. The summed E-state index contributed by atoms with van der Waals surface area (Å²) in [5, 5.41) is 22.7. The Bertz CT molecular complexity index is 476. The van der Waals surface area contributed by atoms with E-state index in [1.165, 1.54) is 18.2 Å². The molecule has 0 spiro atoms. The first kappa shape index (κ1) is 14.7. The van der Waals surface area contributed by atoms with Crippen LogP contribution in [0.1, 0.15) is 36.5 Å². The Labute approximate surface area is 119 Å². The topological polar surface area (TPSA) is 72.8 Å². The van der Waals surface area contributed by atoms with Crippen molar-refractivity contribution in [2.45, 2.75) is 32.2 Å². The van der Waals surface area contributed by atoms with Gasteiger partial charge >= 0.3 is 0 Å². The van der Waals surface area contributed by atoms with E-state index in [1.54, 1.807) is 4.90 Å². The van der Waals surface area contributed by atoms with Gasteiger partial charge in [0, 0.05) is 19.1 Å². The largest absolute Gasteiger partial charge is 0.508 e. The highest BCUT2D eigenvalue weighted by Crippen LogP contribution is 2.24. The molecule has 0 radical (unpaired) electrons. The van der Waals surface area contributed by atoms with Crippen molar-refractivity contribution in [3.8, 4) is 11.5 Å². The van der Waals surface area contributed by atoms with Crippen molar-refractivity contribution in [3.63, 3.8) is 0 Å². The van der Waals surface area contributed by atoms with Gasteiger partial charge in [0.2, 0.25) is 0 Å². The molecule has 1 aliphatic rings. The minimum absolute atomic E-state index is 0.0104. The van der Waals surface area contributed by atoms with Crippen molar-refractivity contribution < 1.29 is 15.0 Å². The summed E-state index contributed by atoms with van der Waals surface area (Å²) in [5.74, 6) is -0.318. The summed E-state index contributed by atoms with van der Waals surface area (Å²) in [4.78, 5) is 14.2. The molecule has 1 fully saturated rings. The Morgan fingerprint density at radius 3 is 3.00 bits per heavy atom. The van der Waals surface area contributed by atoms with Gasteiger partial charge in [0.1, 0.15) is 11.5 Å². The van der Waals surface area contributed by atoms with Gasteiger partial charge in [-0.15, -0.1) is 0 Å². The van der Waals surface area contributed by atoms with Crippen LogP contribution in [0.25, 0.3) is 0 Å². The van der Waals surface area contributed by atoms with Gasteiger partial charge in [0.15, 0.2) is 0 Å². The number of hydrogen-bond acceptors (Lipinski definition) is 4. The smallest absolute Gasteiger partial charge is 0.257 e. The van der Waals surface area contributed by atoms with Crippen LogP contribution in [0.2, 0.25) is 0 Å². The van der Waals surface area contributed by atoms with E-state index in [4.69, 9.17) is 0 Å². The van der Waals surface area contributed by atoms with Gasteiger partial charge in [0.25, 0.3) is 5.91 Å². The van der Waals surface area contributed by atoms with Crippen LogP contribution in [0.15, 0.2) is 18.2 Å². The summed E-state index contributed by atoms with van der Waals surface area (Å²) in [6, 6.07) is 4.35. The first-order valence-corrected chi connectivity index (χ1v) is 7.16. The maximum atomic E-state index is 12.4. The summed E-state index contributed by atoms with van der Waals surface area (Å²) in [6.45, 7) is 4.40. The fourth-order valence-corrected chi connectivity index (χ4v) is 2.54. The van der Waals surface area contributed by atoms with Gasteiger partial charge in [-0.1, -0.05) is 6.92 Å². The van der Waals surface area contributed by atoms with E-state index >= 15 is 0 Å². The molecule has 20 heavy (non-hydrogen) atoms. The monoisotopic (exact) mass is 278 g/mol. The Morgan fingerprint density at radius 1 is 1.45 bits per heavy atom. The first-order chi connectivity index (χ1) is 9.61. The third-order valence-electron chi connectivity index (χ3n) is 3.60. The van der Waals surface area contributed by atoms with Crippen molar-refractivity contribution in [1.82, 2.24) is 10.2 Å². The lowest BCUT2D eigenvalue weighted by Gasteiger charge is -2.33. The highest BCUT2D eigenvalue weighted by molar-refractivity contribution is 5.97. The number of phenolic OH excluding ortho intramolecular Hbond substituents is 2. The molecule has 1 unspecified atom stereocenters. The third-order valence-corrected chi connectivity index (χ3v) is 3.60. The summed E-state index contributed by atoms with van der Waals surface area (Å²) in [6.07, 6.45) is 3.08. The molecule has 110 valence electrons. The Hall–Kier alpha value is -1.75. The lowest BCUT2D eigenvalue weighted by atomic mass is 10.0. The highest BCUT2D eigenvalue weighted by atomic mass is 16.3. The van der Waals surface area contributed by atoms with E-state index in [-0.39, 0.29) is 23.0 Å². The number of aromatic hydroxyl groups is 2. The number of nitrogens with zero attached hydrogens (tertiary/aromatic N) is 1. The Kier molecular flexibility index (Phi) is 4.84.